The minimum atomic E-state index is 0.535. The highest BCUT2D eigenvalue weighted by Crippen LogP contribution is 2.42. The van der Waals surface area contributed by atoms with E-state index in [0.717, 1.165) is 19.4 Å². The zero-order valence-electron chi connectivity index (χ0n) is 12.4. The monoisotopic (exact) mass is 286 g/mol. The predicted molar refractivity (Wildman–Crippen MR) is 85.4 cm³/mol. The number of aromatic nitrogens is 1. The first-order valence-electron chi connectivity index (χ1n) is 7.40. The Labute approximate surface area is 125 Å². The zero-order chi connectivity index (χ0) is 14.1. The normalized spacial score (nSPS) is 17.1. The van der Waals surface area contributed by atoms with Crippen molar-refractivity contribution in [3.63, 3.8) is 0 Å². The van der Waals surface area contributed by atoms with E-state index >= 15 is 0 Å². The lowest BCUT2D eigenvalue weighted by Gasteiger charge is -2.28. The topological polar surface area (TPSA) is 24.9 Å². The number of benzene rings is 1. The van der Waals surface area contributed by atoms with Crippen LogP contribution in [0.3, 0.4) is 0 Å². The number of hydrogen-bond acceptors (Lipinski definition) is 3. The van der Waals surface area contributed by atoms with Crippen molar-refractivity contribution in [2.45, 2.75) is 39.2 Å². The Morgan fingerprint density at radius 3 is 2.85 bits per heavy atom. The highest BCUT2D eigenvalue weighted by molar-refractivity contribution is 7.11. The second-order valence-corrected chi connectivity index (χ2v) is 7.12. The van der Waals surface area contributed by atoms with Gasteiger partial charge in [0, 0.05) is 17.3 Å². The van der Waals surface area contributed by atoms with Crippen molar-refractivity contribution in [2.24, 2.45) is 5.92 Å². The van der Waals surface area contributed by atoms with E-state index in [1.165, 1.54) is 26.7 Å². The van der Waals surface area contributed by atoms with Crippen LogP contribution in [-0.2, 0) is 19.4 Å². The van der Waals surface area contributed by atoms with Gasteiger partial charge in [0.25, 0.3) is 0 Å². The Balaban J connectivity index is 1.88. The Kier molecular flexibility index (Phi) is 3.90. The fourth-order valence-corrected chi connectivity index (χ4v) is 4.10. The van der Waals surface area contributed by atoms with Crippen LogP contribution in [0.15, 0.2) is 24.3 Å². The van der Waals surface area contributed by atoms with Crippen LogP contribution in [0.25, 0.3) is 0 Å². The first kappa shape index (κ1) is 13.8. The summed E-state index contributed by atoms with van der Waals surface area (Å²) in [6.07, 6.45) is 2.24. The molecule has 0 spiro atoms. The third-order valence-electron chi connectivity index (χ3n) is 3.89. The second kappa shape index (κ2) is 5.66. The number of fused-ring (bicyclic) bond motifs is 1. The predicted octanol–water partition coefficient (Wildman–Crippen LogP) is 3.75. The molecule has 1 aliphatic rings. The molecule has 1 unspecified atom stereocenters. The largest absolute Gasteiger partial charge is 0.315 e. The molecule has 0 saturated carbocycles. The third-order valence-corrected chi connectivity index (χ3v) is 5.10. The third kappa shape index (κ3) is 2.52. The van der Waals surface area contributed by atoms with Crippen LogP contribution in [0.1, 0.15) is 46.5 Å². The van der Waals surface area contributed by atoms with Crippen LogP contribution < -0.4 is 5.32 Å². The number of rotatable bonds is 5. The molecule has 1 N–H and O–H groups in total. The summed E-state index contributed by atoms with van der Waals surface area (Å²) < 4.78 is 0. The molecular weight excluding hydrogens is 264 g/mol. The molecule has 0 aliphatic heterocycles. The highest BCUT2D eigenvalue weighted by Gasteiger charge is 2.30. The van der Waals surface area contributed by atoms with E-state index in [4.69, 9.17) is 4.98 Å². The molecule has 1 atom stereocenters. The summed E-state index contributed by atoms with van der Waals surface area (Å²) in [5.74, 6) is 1.20. The molecule has 0 fully saturated rings. The van der Waals surface area contributed by atoms with Gasteiger partial charge in [0.1, 0.15) is 5.01 Å². The van der Waals surface area contributed by atoms with Crippen LogP contribution >= 0.6 is 11.3 Å². The minimum absolute atomic E-state index is 0.535. The Morgan fingerprint density at radius 2 is 2.15 bits per heavy atom. The average Bonchev–Trinajstić information content (AvgIpc) is 2.73. The second-order valence-electron chi connectivity index (χ2n) is 6.01. The van der Waals surface area contributed by atoms with E-state index in [1.54, 1.807) is 0 Å². The summed E-state index contributed by atoms with van der Waals surface area (Å²) >= 11 is 1.90. The van der Waals surface area contributed by atoms with Gasteiger partial charge in [-0.05, 0) is 36.9 Å². The minimum Gasteiger partial charge on any atom is -0.315 e. The van der Waals surface area contributed by atoms with E-state index in [1.807, 2.05) is 18.4 Å². The van der Waals surface area contributed by atoms with Gasteiger partial charge in [-0.2, -0.15) is 0 Å². The maximum Gasteiger partial charge on any atom is 0.101 e. The molecule has 1 aromatic heterocycles. The van der Waals surface area contributed by atoms with Crippen molar-refractivity contribution in [2.75, 3.05) is 7.05 Å². The zero-order valence-corrected chi connectivity index (χ0v) is 13.3. The van der Waals surface area contributed by atoms with E-state index in [0.29, 0.717) is 11.8 Å². The average molecular weight is 286 g/mol. The maximum absolute atomic E-state index is 4.97. The molecule has 3 heteroatoms. The number of hydrogen-bond donors (Lipinski definition) is 1. The molecular formula is C17H22N2S. The van der Waals surface area contributed by atoms with Gasteiger partial charge in [0.05, 0.1) is 5.69 Å². The first-order valence-corrected chi connectivity index (χ1v) is 8.21. The number of thiazole rings is 1. The molecule has 106 valence electrons. The molecule has 0 bridgehead atoms. The molecule has 1 aliphatic carbocycles. The molecule has 3 rings (SSSR count). The molecule has 2 nitrogen and oxygen atoms in total. The van der Waals surface area contributed by atoms with E-state index in [-0.39, 0.29) is 0 Å². The van der Waals surface area contributed by atoms with Crippen LogP contribution in [-0.4, -0.2) is 12.0 Å². The Bertz CT molecular complexity index is 601. The van der Waals surface area contributed by atoms with E-state index in [2.05, 4.69) is 43.4 Å². The van der Waals surface area contributed by atoms with Crippen molar-refractivity contribution in [3.05, 3.63) is 51.0 Å². The summed E-state index contributed by atoms with van der Waals surface area (Å²) in [7, 11) is 2.01. The molecule has 20 heavy (non-hydrogen) atoms. The van der Waals surface area contributed by atoms with Crippen molar-refractivity contribution in [3.8, 4) is 0 Å². The molecule has 0 radical (unpaired) electrons. The Morgan fingerprint density at radius 1 is 1.35 bits per heavy atom. The summed E-state index contributed by atoms with van der Waals surface area (Å²) in [6, 6.07) is 8.77. The molecule has 1 aromatic carbocycles. The van der Waals surface area contributed by atoms with Crippen molar-refractivity contribution >= 4 is 11.3 Å². The number of nitrogens with one attached hydrogen (secondary N) is 1. The van der Waals surface area contributed by atoms with E-state index < -0.39 is 0 Å². The van der Waals surface area contributed by atoms with Gasteiger partial charge in [-0.15, -0.1) is 11.3 Å². The lowest BCUT2D eigenvalue weighted by atomic mass is 9.78. The maximum atomic E-state index is 4.97. The molecule has 2 aromatic rings. The van der Waals surface area contributed by atoms with Crippen LogP contribution in [0.4, 0.5) is 0 Å². The van der Waals surface area contributed by atoms with Gasteiger partial charge in [0.15, 0.2) is 0 Å². The molecule has 1 heterocycles. The van der Waals surface area contributed by atoms with Gasteiger partial charge in [-0.25, -0.2) is 4.98 Å². The van der Waals surface area contributed by atoms with Crippen molar-refractivity contribution in [1.82, 2.24) is 10.3 Å². The lowest BCUT2D eigenvalue weighted by molar-refractivity contribution is 0.624. The lowest BCUT2D eigenvalue weighted by Crippen LogP contribution is -2.17. The standard InChI is InChI=1S/C17H22N2S/c1-11(2)8-15-16(10-18-3)20-17(19-15)14-9-12-6-4-5-7-13(12)14/h4-7,11,14,18H,8-10H2,1-3H3. The number of nitrogens with zero attached hydrogens (tertiary/aromatic N) is 1. The highest BCUT2D eigenvalue weighted by atomic mass is 32.1. The summed E-state index contributed by atoms with van der Waals surface area (Å²) in [4.78, 5) is 6.39. The van der Waals surface area contributed by atoms with Crippen LogP contribution in [0, 0.1) is 5.92 Å². The quantitative estimate of drug-likeness (QED) is 0.905. The van der Waals surface area contributed by atoms with Crippen LogP contribution in [0.2, 0.25) is 0 Å². The van der Waals surface area contributed by atoms with Crippen molar-refractivity contribution < 1.29 is 0 Å². The smallest absolute Gasteiger partial charge is 0.101 e. The van der Waals surface area contributed by atoms with Gasteiger partial charge >= 0.3 is 0 Å². The summed E-state index contributed by atoms with van der Waals surface area (Å²) in [6.45, 7) is 5.47. The van der Waals surface area contributed by atoms with Crippen molar-refractivity contribution in [1.29, 1.82) is 0 Å². The van der Waals surface area contributed by atoms with E-state index in [9.17, 15) is 0 Å². The van der Waals surface area contributed by atoms with Gasteiger partial charge in [0.2, 0.25) is 0 Å². The fourth-order valence-electron chi connectivity index (χ4n) is 2.88. The molecule has 0 saturated heterocycles. The van der Waals surface area contributed by atoms with Crippen LogP contribution in [0.5, 0.6) is 0 Å². The van der Waals surface area contributed by atoms with Gasteiger partial charge in [-0.1, -0.05) is 38.1 Å². The SMILES string of the molecule is CNCc1sc(C2Cc3ccccc32)nc1CC(C)C. The fraction of sp³-hybridized carbons (Fsp3) is 0.471. The Hall–Kier alpha value is -1.19. The molecule has 0 amide bonds. The summed E-state index contributed by atoms with van der Waals surface area (Å²) in [5, 5.41) is 4.59. The van der Waals surface area contributed by atoms with Gasteiger partial charge in [-0.3, -0.25) is 0 Å². The summed E-state index contributed by atoms with van der Waals surface area (Å²) in [5.41, 5.74) is 4.28. The van der Waals surface area contributed by atoms with Gasteiger partial charge < -0.3 is 5.32 Å². The first-order chi connectivity index (χ1) is 9.69.